The highest BCUT2D eigenvalue weighted by molar-refractivity contribution is 6.40. The lowest BCUT2D eigenvalue weighted by Crippen LogP contribution is -2.28. The van der Waals surface area contributed by atoms with Crippen molar-refractivity contribution in [3.05, 3.63) is 332 Å². The molecule has 0 saturated heterocycles. The molecule has 0 atom stereocenters. The number of rotatable bonds is 12. The fourth-order valence-electron chi connectivity index (χ4n) is 10.1. The number of aliphatic imine (C=N–C) groups is 1. The Kier molecular flexibility index (Phi) is 77.9. The summed E-state index contributed by atoms with van der Waals surface area (Å²) in [6, 6.07) is 86.4. The predicted octanol–water partition coefficient (Wildman–Crippen LogP) is 28.4. The minimum absolute atomic E-state index is 0. The van der Waals surface area contributed by atoms with Crippen LogP contribution in [0.4, 0.5) is 11.4 Å². The highest BCUT2D eigenvalue weighted by Crippen LogP contribution is 2.35. The maximum atomic E-state index is 13.0. The molecule has 0 amide bonds. The van der Waals surface area contributed by atoms with E-state index in [0.717, 1.165) is 78.4 Å². The number of fused-ring (bicyclic) bond motifs is 2. The van der Waals surface area contributed by atoms with E-state index in [1.165, 1.54) is 19.4 Å². The van der Waals surface area contributed by atoms with Crippen LogP contribution in [0.25, 0.3) is 89.4 Å². The first-order chi connectivity index (χ1) is 59.7. The van der Waals surface area contributed by atoms with E-state index in [9.17, 15) is 14.8 Å². The average Bonchev–Trinajstić information content (AvgIpc) is 0.776. The molecular weight excluding hydrogens is 1600 g/mol. The molecule has 19 nitrogen and oxygen atoms in total. The van der Waals surface area contributed by atoms with Crippen LogP contribution in [0.1, 0.15) is 192 Å². The van der Waals surface area contributed by atoms with Crippen molar-refractivity contribution in [1.82, 2.24) is 45.9 Å². The lowest BCUT2D eigenvalue weighted by molar-refractivity contribution is -0.592. The number of hydrogen-bond acceptors (Lipinski definition) is 16. The van der Waals surface area contributed by atoms with E-state index in [4.69, 9.17) is 49.2 Å². The van der Waals surface area contributed by atoms with Crippen molar-refractivity contribution in [2.75, 3.05) is 31.8 Å². The molecule has 6 aromatic heterocycles. The Bertz CT molecular complexity index is 4980. The molecule has 125 heavy (non-hydrogen) atoms. The molecule has 0 fully saturated rings. The van der Waals surface area contributed by atoms with Gasteiger partial charge in [-0.3, -0.25) is 29.3 Å². The number of hydrogen-bond donors (Lipinski definition) is 4. The zero-order chi connectivity index (χ0) is 92.4. The number of ketones is 2. The highest BCUT2D eigenvalue weighted by Gasteiger charge is 2.21. The molecule has 0 aliphatic rings. The van der Waals surface area contributed by atoms with E-state index in [1.54, 1.807) is 68.4 Å². The van der Waals surface area contributed by atoms with Gasteiger partial charge in [-0.05, 0) is 37.3 Å². The maximum Gasteiger partial charge on any atom is 0.300 e. The van der Waals surface area contributed by atoms with Gasteiger partial charge in [0.25, 0.3) is 5.97 Å². The molecule has 0 radical (unpaired) electrons. The largest absolute Gasteiger partial charge is 0.618 e. The number of carboxylic acid groups (broad SMARTS) is 1. The van der Waals surface area contributed by atoms with Crippen molar-refractivity contribution in [2.45, 2.75) is 160 Å². The van der Waals surface area contributed by atoms with Gasteiger partial charge in [0, 0.05) is 120 Å². The zero-order valence-corrected chi connectivity index (χ0v) is 77.9. The summed E-state index contributed by atoms with van der Waals surface area (Å²) >= 11 is 9.53. The van der Waals surface area contributed by atoms with Crippen LogP contribution in [0.5, 0.6) is 0 Å². The summed E-state index contributed by atoms with van der Waals surface area (Å²) in [4.78, 5) is 71.9. The van der Waals surface area contributed by atoms with Gasteiger partial charge >= 0.3 is 0 Å². The number of nitrogens with two attached hydrogens (primary N) is 1. The quantitative estimate of drug-likeness (QED) is 0.0221. The van der Waals surface area contributed by atoms with E-state index in [-0.39, 0.29) is 44.5 Å². The average molecular weight is 1740 g/mol. The van der Waals surface area contributed by atoms with Gasteiger partial charge in [0.05, 0.1) is 57.5 Å². The van der Waals surface area contributed by atoms with Crippen LogP contribution < -0.4 is 16.6 Å². The number of aromatic nitrogens is 8. The van der Waals surface area contributed by atoms with Crippen molar-refractivity contribution >= 4 is 80.3 Å². The second-order valence-electron chi connectivity index (χ2n) is 21.9. The number of aliphatic carboxylic acids is 1. The van der Waals surface area contributed by atoms with Crippen LogP contribution in [0, 0.1) is 16.5 Å². The van der Waals surface area contributed by atoms with E-state index in [2.05, 4.69) is 52.0 Å². The second-order valence-corrected chi connectivity index (χ2v) is 22.7. The van der Waals surface area contributed by atoms with E-state index < -0.39 is 5.97 Å². The van der Waals surface area contributed by atoms with Gasteiger partial charge in [0.2, 0.25) is 5.69 Å². The molecule has 670 valence electrons. The lowest BCUT2D eigenvalue weighted by atomic mass is 9.99. The molecule has 14 aromatic rings. The molecule has 8 aromatic carbocycles. The molecule has 0 spiro atoms. The molecule has 14 rings (SSSR count). The minimum atomic E-state index is -0.833. The summed E-state index contributed by atoms with van der Waals surface area (Å²) in [7, 11) is 3.78. The van der Waals surface area contributed by atoms with Crippen molar-refractivity contribution in [1.29, 1.82) is 5.26 Å². The van der Waals surface area contributed by atoms with E-state index in [0.29, 0.717) is 56.2 Å². The summed E-state index contributed by atoms with van der Waals surface area (Å²) in [5.74, 6) is -0.987. The lowest BCUT2D eigenvalue weighted by Gasteiger charge is -2.11. The first-order valence-electron chi connectivity index (χ1n) is 41.4. The number of aliphatic hydroxyl groups is 1. The van der Waals surface area contributed by atoms with Crippen molar-refractivity contribution in [2.24, 2.45) is 4.99 Å². The minimum Gasteiger partial charge on any atom is -0.618 e. The third kappa shape index (κ3) is 43.0. The van der Waals surface area contributed by atoms with Gasteiger partial charge in [0.15, 0.2) is 17.8 Å². The third-order valence-corrected chi connectivity index (χ3v) is 14.4. The number of halogens is 2. The molecule has 0 aliphatic heterocycles. The normalized spacial score (nSPS) is 8.74. The number of anilines is 1. The number of nitrogens with zero attached hydrogens (tertiary/aromatic N) is 11. The number of benzene rings is 8. The first-order valence-corrected chi connectivity index (χ1v) is 42.4. The monoisotopic (exact) mass is 1740 g/mol. The topological polar surface area (TPSA) is 309 Å². The van der Waals surface area contributed by atoms with Crippen LogP contribution in [0.2, 0.25) is 0 Å². The Hall–Kier alpha value is -13.1. The smallest absolute Gasteiger partial charge is 0.300 e. The Morgan fingerprint density at radius 2 is 0.704 bits per heavy atom. The summed E-state index contributed by atoms with van der Waals surface area (Å²) in [6.07, 6.45) is 11.4. The summed E-state index contributed by atoms with van der Waals surface area (Å²) in [5.41, 5.74) is 21.3. The molecule has 7 N–H and O–H groups in total. The van der Waals surface area contributed by atoms with Crippen molar-refractivity contribution in [3.8, 4) is 73.6 Å². The van der Waals surface area contributed by atoms with Crippen molar-refractivity contribution < 1.29 is 29.3 Å². The second kappa shape index (κ2) is 79.4. The van der Waals surface area contributed by atoms with Gasteiger partial charge in [-0.1, -0.05) is 370 Å². The standard InChI is InChI=1S/C21H19N3O.C19H13N3O.C19H13N3.C18H14N2O.C2H3N.C2H4O2.C2H6O.9C2H6.CH2Cl2.2CH4.H3N/c1-24(2)15-23-20-18(21(25)17-11-7-4-8-12-17)13-14-22-19(20)16-9-5-3-6-10-16;23-22-12-11-16-17(14-7-3-1-4-8-14)20-13-21-18(16)19(22)15-9-5-2-6-10-15;1-3-7-14(8-4-1)17-16-11-12-20-18(19(16)22-13-21-17)15-9-5-2-6-10-15;19-16-15(18(21)14-9-5-2-6-10-14)11-12-20-17(16)13-7-3-1-4-8-13;1-2-3;1-2(3)4;1-2-3;9*1-2;2-1-3;;;/h3-15H,1-2H3;1-13H;1-13H;1-12H,19H2;1H3;1H3,(H,3,4);3H,2H2,1H3;9*1-2H3;1H2;2*1H4;1H3. The maximum absolute atomic E-state index is 13.0. The Balaban J connectivity index is -0.000000338. The third-order valence-electron chi connectivity index (χ3n) is 14.4. The summed E-state index contributed by atoms with van der Waals surface area (Å²) in [5, 5.41) is 36.7. The highest BCUT2D eigenvalue weighted by atomic mass is 35.5. The number of carboxylic acids is 1. The van der Waals surface area contributed by atoms with Crippen LogP contribution in [0.15, 0.2) is 309 Å². The van der Waals surface area contributed by atoms with E-state index >= 15 is 0 Å². The number of alkyl halides is 2. The van der Waals surface area contributed by atoms with Gasteiger partial charge in [-0.25, -0.2) is 24.9 Å². The molecule has 0 bridgehead atoms. The fourth-order valence-corrected chi connectivity index (χ4v) is 10.1. The number of nitriles is 1. The van der Waals surface area contributed by atoms with Gasteiger partial charge < -0.3 is 32.2 Å². The number of pyridine rings is 4. The number of carbonyl (C=O) groups excluding carboxylic acids is 2. The first kappa shape index (κ1) is 123. The Morgan fingerprint density at radius 3 is 1.06 bits per heavy atom. The van der Waals surface area contributed by atoms with Crippen LogP contribution in [-0.2, 0) is 4.79 Å². The molecule has 21 heteroatoms. The molecular formula is C104H139Cl2N13O6. The Morgan fingerprint density at radius 1 is 0.440 bits per heavy atom. The fraction of sp³-hybridized carbons (Fsp3) is 0.260. The summed E-state index contributed by atoms with van der Waals surface area (Å²) < 4.78 is 0.861. The van der Waals surface area contributed by atoms with E-state index in [1.807, 2.05) is 374 Å². The van der Waals surface area contributed by atoms with Crippen LogP contribution >= 0.6 is 23.2 Å². The molecule has 6 heterocycles. The molecule has 0 aliphatic carbocycles. The number of nitrogen functional groups attached to an aromatic ring is 1. The number of aliphatic hydroxyl groups excluding tert-OH is 1. The van der Waals surface area contributed by atoms with Crippen LogP contribution in [-0.4, -0.2) is 99.9 Å². The molecule has 0 saturated carbocycles. The summed E-state index contributed by atoms with van der Waals surface area (Å²) in [6.45, 7) is 40.4. The predicted molar refractivity (Wildman–Crippen MR) is 537 cm³/mol. The Labute approximate surface area is 758 Å². The van der Waals surface area contributed by atoms with Crippen LogP contribution in [0.3, 0.4) is 0 Å². The van der Waals surface area contributed by atoms with Crippen molar-refractivity contribution in [3.63, 3.8) is 0 Å². The molecule has 0 unspecified atom stereocenters. The SMILES string of the molecule is C.C.CC.CC.CC.CC.CC.CC.CC.CC.CC.CC#N.CC(=O)O.CCO.CN(C)C=Nc1c(C(=O)c2ccccc2)ccnc1-c1ccccc1.ClCCl.N.Nc1c(C(=O)c2ccccc2)ccnc1-c1ccccc1.[O-][n+]1ccc2c(-c3ccccc3)ncnc2c1-c1ccccc1.c1ccc(-c2ncnc3c(-c4ccccc4)nccc23)cc1. The van der Waals surface area contributed by atoms with Gasteiger partial charge in [-0.2, -0.15) is 9.99 Å². The zero-order valence-electron chi connectivity index (χ0n) is 76.3. The van der Waals surface area contributed by atoms with Gasteiger partial charge in [0.1, 0.15) is 29.4 Å². The number of carbonyl (C=O) groups is 3. The van der Waals surface area contributed by atoms with Gasteiger partial charge in [-0.15, -0.1) is 23.2 Å².